The predicted octanol–water partition coefficient (Wildman–Crippen LogP) is 3.33. The summed E-state index contributed by atoms with van der Waals surface area (Å²) in [6.45, 7) is 1.91. The van der Waals surface area contributed by atoms with Crippen LogP contribution >= 0.6 is 0 Å². The summed E-state index contributed by atoms with van der Waals surface area (Å²) in [6.07, 6.45) is 3.43. The van der Waals surface area contributed by atoms with Crippen molar-refractivity contribution in [2.75, 3.05) is 0 Å². The highest BCUT2D eigenvalue weighted by Crippen LogP contribution is 2.35. The second-order valence-electron chi connectivity index (χ2n) is 6.58. The van der Waals surface area contributed by atoms with Crippen LogP contribution in [0.5, 0.6) is 0 Å². The van der Waals surface area contributed by atoms with Gasteiger partial charge in [-0.3, -0.25) is 9.59 Å². The molecule has 2 aromatic heterocycles. The minimum atomic E-state index is -0.411. The molecule has 4 rings (SSSR count). The number of carbonyl (C=O) groups excluding carboxylic acids is 1. The highest BCUT2D eigenvalue weighted by molar-refractivity contribution is 5.92. The molecule has 1 amide bonds. The van der Waals surface area contributed by atoms with Gasteiger partial charge in [-0.2, -0.15) is 9.78 Å². The van der Waals surface area contributed by atoms with E-state index in [0.29, 0.717) is 11.4 Å². The highest BCUT2D eigenvalue weighted by atomic mass is 19.1. The van der Waals surface area contributed by atoms with E-state index >= 15 is 0 Å². The van der Waals surface area contributed by atoms with Gasteiger partial charge in [-0.05, 0) is 62.2 Å². The van der Waals surface area contributed by atoms with Gasteiger partial charge < -0.3 is 9.32 Å². The molecule has 6 nitrogen and oxygen atoms in total. The lowest BCUT2D eigenvalue weighted by Crippen LogP contribution is -2.37. The van der Waals surface area contributed by atoms with E-state index < -0.39 is 11.4 Å². The van der Waals surface area contributed by atoms with E-state index in [1.165, 1.54) is 36.4 Å². The molecule has 2 heterocycles. The van der Waals surface area contributed by atoms with Crippen molar-refractivity contribution in [1.82, 2.24) is 14.7 Å². The van der Waals surface area contributed by atoms with Gasteiger partial charge in [0, 0.05) is 12.1 Å². The summed E-state index contributed by atoms with van der Waals surface area (Å²) in [5.74, 6) is 0.0191. The zero-order chi connectivity index (χ0) is 19.0. The number of rotatable bonds is 5. The van der Waals surface area contributed by atoms with Crippen LogP contribution in [0.2, 0.25) is 0 Å². The minimum absolute atomic E-state index is 0.130. The van der Waals surface area contributed by atoms with E-state index in [-0.39, 0.29) is 23.7 Å². The van der Waals surface area contributed by atoms with Crippen LogP contribution in [0.4, 0.5) is 4.39 Å². The molecule has 0 bridgehead atoms. The van der Waals surface area contributed by atoms with Crippen LogP contribution in [0, 0.1) is 5.82 Å². The molecule has 0 N–H and O–H groups in total. The lowest BCUT2D eigenvalue weighted by Gasteiger charge is -2.27. The summed E-state index contributed by atoms with van der Waals surface area (Å²) >= 11 is 0. The molecule has 0 saturated heterocycles. The number of hydrogen-bond donors (Lipinski definition) is 0. The third-order valence-electron chi connectivity index (χ3n) is 4.64. The first-order chi connectivity index (χ1) is 13.0. The number of aromatic nitrogens is 2. The van der Waals surface area contributed by atoms with E-state index in [2.05, 4.69) is 5.10 Å². The number of halogens is 1. The van der Waals surface area contributed by atoms with Crippen LogP contribution in [0.25, 0.3) is 5.69 Å². The first-order valence-corrected chi connectivity index (χ1v) is 8.77. The SMILES string of the molecule is CC(c1ccco1)N(C(=O)c1ccc(=O)n(-c2ccc(F)cc2)n1)C1CC1. The summed E-state index contributed by atoms with van der Waals surface area (Å²) in [4.78, 5) is 27.1. The smallest absolute Gasteiger partial charge is 0.275 e. The van der Waals surface area contributed by atoms with Gasteiger partial charge in [0.2, 0.25) is 0 Å². The Hall–Kier alpha value is -3.22. The Kier molecular flexibility index (Phi) is 4.35. The first kappa shape index (κ1) is 17.2. The summed E-state index contributed by atoms with van der Waals surface area (Å²) in [6, 6.07) is 11.6. The number of amides is 1. The second-order valence-corrected chi connectivity index (χ2v) is 6.58. The number of nitrogens with zero attached hydrogens (tertiary/aromatic N) is 3. The largest absolute Gasteiger partial charge is 0.467 e. The van der Waals surface area contributed by atoms with Crippen LogP contribution in [-0.4, -0.2) is 26.6 Å². The maximum Gasteiger partial charge on any atom is 0.275 e. The van der Waals surface area contributed by atoms with E-state index in [9.17, 15) is 14.0 Å². The van der Waals surface area contributed by atoms with Crippen LogP contribution < -0.4 is 5.56 Å². The Morgan fingerprint density at radius 1 is 1.22 bits per heavy atom. The molecule has 27 heavy (non-hydrogen) atoms. The fraction of sp³-hybridized carbons (Fsp3) is 0.250. The van der Waals surface area contributed by atoms with E-state index in [4.69, 9.17) is 4.42 Å². The Morgan fingerprint density at radius 3 is 2.59 bits per heavy atom. The van der Waals surface area contributed by atoms with Crippen LogP contribution in [0.15, 0.2) is 64.0 Å². The Balaban J connectivity index is 1.69. The number of furan rings is 1. The molecule has 1 atom stereocenters. The quantitative estimate of drug-likeness (QED) is 0.694. The fourth-order valence-corrected chi connectivity index (χ4v) is 3.10. The summed E-state index contributed by atoms with van der Waals surface area (Å²) in [5.41, 5.74) is 0.160. The van der Waals surface area contributed by atoms with Crippen LogP contribution in [-0.2, 0) is 0 Å². The van der Waals surface area contributed by atoms with Crippen molar-refractivity contribution >= 4 is 5.91 Å². The van der Waals surface area contributed by atoms with Gasteiger partial charge in [-0.15, -0.1) is 0 Å². The van der Waals surface area contributed by atoms with Crippen molar-refractivity contribution < 1.29 is 13.6 Å². The zero-order valence-corrected chi connectivity index (χ0v) is 14.7. The molecule has 0 radical (unpaired) electrons. The van der Waals surface area contributed by atoms with Crippen molar-refractivity contribution in [3.8, 4) is 5.69 Å². The van der Waals surface area contributed by atoms with Crippen molar-refractivity contribution in [3.05, 3.63) is 82.4 Å². The van der Waals surface area contributed by atoms with Crippen LogP contribution in [0.3, 0.4) is 0 Å². The van der Waals surface area contributed by atoms with Gasteiger partial charge >= 0.3 is 0 Å². The molecular formula is C20H18FN3O3. The topological polar surface area (TPSA) is 68.3 Å². The van der Waals surface area contributed by atoms with Gasteiger partial charge in [0.1, 0.15) is 17.3 Å². The van der Waals surface area contributed by atoms with E-state index in [1.807, 2.05) is 13.0 Å². The fourth-order valence-electron chi connectivity index (χ4n) is 3.10. The maximum atomic E-state index is 13.2. The number of carbonyl (C=O) groups is 1. The molecule has 138 valence electrons. The van der Waals surface area contributed by atoms with Gasteiger partial charge in [0.05, 0.1) is 18.0 Å². The van der Waals surface area contributed by atoms with Gasteiger partial charge in [-0.1, -0.05) is 0 Å². The number of hydrogen-bond acceptors (Lipinski definition) is 4. The second kappa shape index (κ2) is 6.83. The summed E-state index contributed by atoms with van der Waals surface area (Å²) < 4.78 is 19.7. The minimum Gasteiger partial charge on any atom is -0.467 e. The Morgan fingerprint density at radius 2 is 1.96 bits per heavy atom. The predicted molar refractivity (Wildman–Crippen MR) is 96.1 cm³/mol. The Bertz CT molecular complexity index is 1010. The normalized spacial score (nSPS) is 14.7. The monoisotopic (exact) mass is 367 g/mol. The third kappa shape index (κ3) is 3.40. The molecule has 1 aliphatic carbocycles. The van der Waals surface area contributed by atoms with E-state index in [0.717, 1.165) is 17.5 Å². The van der Waals surface area contributed by atoms with E-state index in [1.54, 1.807) is 17.2 Å². The molecule has 1 aromatic carbocycles. The van der Waals surface area contributed by atoms with Crippen molar-refractivity contribution in [3.63, 3.8) is 0 Å². The lowest BCUT2D eigenvalue weighted by atomic mass is 10.2. The van der Waals surface area contributed by atoms with Gasteiger partial charge in [0.15, 0.2) is 0 Å². The van der Waals surface area contributed by atoms with Crippen molar-refractivity contribution in [1.29, 1.82) is 0 Å². The average molecular weight is 367 g/mol. The van der Waals surface area contributed by atoms with Gasteiger partial charge in [0.25, 0.3) is 11.5 Å². The zero-order valence-electron chi connectivity index (χ0n) is 14.7. The molecule has 7 heteroatoms. The molecule has 3 aromatic rings. The summed E-state index contributed by atoms with van der Waals surface area (Å²) in [5, 5.41) is 4.23. The summed E-state index contributed by atoms with van der Waals surface area (Å²) in [7, 11) is 0. The molecule has 1 aliphatic rings. The van der Waals surface area contributed by atoms with Gasteiger partial charge in [-0.25, -0.2) is 4.39 Å². The molecule has 0 aliphatic heterocycles. The molecular weight excluding hydrogens is 349 g/mol. The molecule has 0 spiro atoms. The maximum absolute atomic E-state index is 13.2. The first-order valence-electron chi connectivity index (χ1n) is 8.77. The lowest BCUT2D eigenvalue weighted by molar-refractivity contribution is 0.0644. The van der Waals surface area contributed by atoms with Crippen molar-refractivity contribution in [2.24, 2.45) is 0 Å². The standard InChI is InChI=1S/C20H18FN3O3/c1-13(18-3-2-12-27-18)23(15-8-9-15)20(26)17-10-11-19(25)24(22-17)16-6-4-14(21)5-7-16/h2-7,10-13,15H,8-9H2,1H3. The highest BCUT2D eigenvalue weighted by Gasteiger charge is 2.38. The molecule has 1 saturated carbocycles. The number of benzene rings is 1. The van der Waals surface area contributed by atoms with Crippen LogP contribution in [0.1, 0.15) is 42.1 Å². The van der Waals surface area contributed by atoms with Crippen molar-refractivity contribution in [2.45, 2.75) is 31.8 Å². The Labute approximate surface area is 154 Å². The average Bonchev–Trinajstić information content (AvgIpc) is 3.34. The molecule has 1 unspecified atom stereocenters. The molecule has 1 fully saturated rings. The third-order valence-corrected chi connectivity index (χ3v) is 4.64.